The third kappa shape index (κ3) is 5.62. The molecule has 1 aromatic heterocycles. The van der Waals surface area contributed by atoms with E-state index in [2.05, 4.69) is 20.5 Å². The van der Waals surface area contributed by atoms with Crippen molar-refractivity contribution >= 4 is 34.8 Å². The Morgan fingerprint density at radius 3 is 2.61 bits per heavy atom. The van der Waals surface area contributed by atoms with E-state index in [1.165, 1.54) is 18.2 Å². The van der Waals surface area contributed by atoms with Crippen molar-refractivity contribution in [3.63, 3.8) is 0 Å². The second-order valence-electron chi connectivity index (χ2n) is 10.7. The van der Waals surface area contributed by atoms with E-state index in [1.54, 1.807) is 24.3 Å². The first-order valence-corrected chi connectivity index (χ1v) is 14.0. The summed E-state index contributed by atoms with van der Waals surface area (Å²) in [6.07, 6.45) is 3.29. The van der Waals surface area contributed by atoms with Gasteiger partial charge in [-0.05, 0) is 61.2 Å². The average molecular weight is 562 g/mol. The zero-order chi connectivity index (χ0) is 28.5. The van der Waals surface area contributed by atoms with E-state index in [1.807, 2.05) is 11.8 Å². The molecule has 0 bridgehead atoms. The highest BCUT2D eigenvalue weighted by Crippen LogP contribution is 2.37. The Bertz CT molecular complexity index is 1510. The number of nitrogens with one attached hydrogen (secondary N) is 3. The molecule has 214 valence electrons. The van der Waals surface area contributed by atoms with Crippen molar-refractivity contribution < 1.29 is 23.1 Å². The Hall–Kier alpha value is -4.02. The maximum atomic E-state index is 15.1. The Morgan fingerprint density at radius 1 is 1.05 bits per heavy atom. The Morgan fingerprint density at radius 2 is 1.83 bits per heavy atom. The van der Waals surface area contributed by atoms with Crippen molar-refractivity contribution in [3.05, 3.63) is 81.7 Å². The highest BCUT2D eigenvalue weighted by Gasteiger charge is 2.30. The van der Waals surface area contributed by atoms with Gasteiger partial charge in [-0.25, -0.2) is 8.78 Å². The number of carbonyl (C=O) groups excluding carboxylic acids is 2. The van der Waals surface area contributed by atoms with Crippen LogP contribution in [-0.2, 0) is 22.5 Å². The molecule has 0 atom stereocenters. The van der Waals surface area contributed by atoms with E-state index in [4.69, 9.17) is 4.74 Å². The number of fused-ring (bicyclic) bond motifs is 2. The van der Waals surface area contributed by atoms with Gasteiger partial charge in [0.1, 0.15) is 11.6 Å². The molecule has 8 nitrogen and oxygen atoms in total. The van der Waals surface area contributed by atoms with Gasteiger partial charge in [-0.1, -0.05) is 12.1 Å². The molecule has 0 saturated carbocycles. The molecule has 3 aliphatic rings. The molecule has 3 N–H and O–H groups in total. The molecule has 4 heterocycles. The monoisotopic (exact) mass is 561 g/mol. The van der Waals surface area contributed by atoms with Gasteiger partial charge in [0.05, 0.1) is 35.7 Å². The fraction of sp³-hybridized carbons (Fsp3) is 0.355. The van der Waals surface area contributed by atoms with Crippen molar-refractivity contribution in [2.45, 2.75) is 26.3 Å². The molecule has 6 rings (SSSR count). The second-order valence-corrected chi connectivity index (χ2v) is 10.7. The minimum Gasteiger partial charge on any atom is -0.379 e. The number of ether oxygens (including phenoxy) is 1. The number of aryl methyl sites for hydroxylation is 1. The van der Waals surface area contributed by atoms with Gasteiger partial charge in [0.25, 0.3) is 11.8 Å². The zero-order valence-electron chi connectivity index (χ0n) is 23.0. The number of benzene rings is 2. The summed E-state index contributed by atoms with van der Waals surface area (Å²) < 4.78 is 33.7. The van der Waals surface area contributed by atoms with E-state index in [9.17, 15) is 14.0 Å². The van der Waals surface area contributed by atoms with Crippen molar-refractivity contribution in [3.8, 4) is 0 Å². The molecular weight excluding hydrogens is 528 g/mol. The van der Waals surface area contributed by atoms with Gasteiger partial charge in [-0.2, -0.15) is 0 Å². The Balaban J connectivity index is 1.22. The predicted octanol–water partition coefficient (Wildman–Crippen LogP) is 4.43. The Labute approximate surface area is 237 Å². The van der Waals surface area contributed by atoms with Crippen LogP contribution in [0.1, 0.15) is 44.9 Å². The highest BCUT2D eigenvalue weighted by molar-refractivity contribution is 6.35. The molecule has 0 radical (unpaired) electrons. The van der Waals surface area contributed by atoms with Crippen LogP contribution in [0.2, 0.25) is 0 Å². The Kier molecular flexibility index (Phi) is 7.59. The number of amides is 2. The lowest BCUT2D eigenvalue weighted by molar-refractivity contribution is -0.110. The zero-order valence-corrected chi connectivity index (χ0v) is 23.0. The minimum absolute atomic E-state index is 0.00310. The number of H-pyrrole nitrogens is 1. The fourth-order valence-electron chi connectivity index (χ4n) is 5.74. The van der Waals surface area contributed by atoms with Crippen LogP contribution in [0.15, 0.2) is 36.4 Å². The van der Waals surface area contributed by atoms with Gasteiger partial charge in [0.15, 0.2) is 0 Å². The van der Waals surface area contributed by atoms with Crippen LogP contribution in [0.3, 0.4) is 0 Å². The maximum absolute atomic E-state index is 15.1. The van der Waals surface area contributed by atoms with Crippen molar-refractivity contribution in [1.82, 2.24) is 14.8 Å². The molecule has 41 heavy (non-hydrogen) atoms. The van der Waals surface area contributed by atoms with E-state index in [0.29, 0.717) is 47.7 Å². The molecule has 2 aromatic carbocycles. The molecule has 3 aliphatic heterocycles. The number of aromatic amines is 1. The van der Waals surface area contributed by atoms with E-state index >= 15 is 4.39 Å². The van der Waals surface area contributed by atoms with Crippen LogP contribution in [-0.4, -0.2) is 72.5 Å². The first-order valence-electron chi connectivity index (χ1n) is 14.0. The quantitative estimate of drug-likeness (QED) is 0.372. The topological polar surface area (TPSA) is 89.7 Å². The number of morpholine rings is 1. The van der Waals surface area contributed by atoms with Crippen LogP contribution in [0.25, 0.3) is 11.6 Å². The third-order valence-electron chi connectivity index (χ3n) is 8.09. The first-order chi connectivity index (χ1) is 19.9. The summed E-state index contributed by atoms with van der Waals surface area (Å²) in [7, 11) is 0. The van der Waals surface area contributed by atoms with Crippen LogP contribution < -0.4 is 10.6 Å². The lowest BCUT2D eigenvalue weighted by Gasteiger charge is -2.29. The highest BCUT2D eigenvalue weighted by atomic mass is 19.1. The minimum atomic E-state index is -0.502. The molecule has 0 unspecified atom stereocenters. The maximum Gasteiger partial charge on any atom is 0.256 e. The molecule has 0 spiro atoms. The molecule has 10 heteroatoms. The van der Waals surface area contributed by atoms with Crippen LogP contribution in [0, 0.1) is 18.6 Å². The van der Waals surface area contributed by atoms with Gasteiger partial charge in [0, 0.05) is 56.2 Å². The lowest BCUT2D eigenvalue weighted by Crippen LogP contribution is -2.43. The fourth-order valence-corrected chi connectivity index (χ4v) is 5.74. The summed E-state index contributed by atoms with van der Waals surface area (Å²) in [5.41, 5.74) is 5.33. The largest absolute Gasteiger partial charge is 0.379 e. The SMILES string of the molecule is Cc1c(/C=C2\C(=O)Nc3cc(NCc4ccc(F)cc4)c(F)cc32)[nH]c2c1C(=O)N(CCN1CCOCC1)CCC2. The molecule has 1 fully saturated rings. The number of halogens is 2. The molecule has 3 aromatic rings. The van der Waals surface area contributed by atoms with Crippen LogP contribution in [0.4, 0.5) is 20.2 Å². The standard InChI is InChI=1S/C31H33F2N5O3/c1-19-26(35-25-3-2-8-38(31(40)29(19)25)10-9-37-11-13-41-14-12-37)16-23-22-15-24(33)28(17-27(22)36-30(23)39)34-18-20-4-6-21(32)7-5-20/h4-7,15-17,34-35H,2-3,8-14,18H2,1H3,(H,36,39)/b23-16-. The van der Waals surface area contributed by atoms with E-state index in [0.717, 1.165) is 62.5 Å². The van der Waals surface area contributed by atoms with Crippen molar-refractivity contribution in [2.24, 2.45) is 0 Å². The number of hydrogen-bond acceptors (Lipinski definition) is 5. The number of rotatable bonds is 7. The molecule has 1 saturated heterocycles. The average Bonchev–Trinajstić information content (AvgIpc) is 3.38. The summed E-state index contributed by atoms with van der Waals surface area (Å²) in [6, 6.07) is 8.88. The van der Waals surface area contributed by atoms with Gasteiger partial charge >= 0.3 is 0 Å². The molecule has 0 aliphatic carbocycles. The van der Waals surface area contributed by atoms with E-state index in [-0.39, 0.29) is 23.3 Å². The first kappa shape index (κ1) is 27.2. The molecular formula is C31H33F2N5O3. The normalized spacial score (nSPS) is 18.3. The predicted molar refractivity (Wildman–Crippen MR) is 154 cm³/mol. The number of aromatic nitrogens is 1. The third-order valence-corrected chi connectivity index (χ3v) is 8.09. The summed E-state index contributed by atoms with van der Waals surface area (Å²) in [6.45, 7) is 7.57. The van der Waals surface area contributed by atoms with Gasteiger partial charge in [0.2, 0.25) is 0 Å². The van der Waals surface area contributed by atoms with Crippen LogP contribution >= 0.6 is 0 Å². The smallest absolute Gasteiger partial charge is 0.256 e. The van der Waals surface area contributed by atoms with Gasteiger partial charge < -0.3 is 25.3 Å². The summed E-state index contributed by atoms with van der Waals surface area (Å²) in [5.74, 6) is -1.17. The van der Waals surface area contributed by atoms with Crippen molar-refractivity contribution in [1.29, 1.82) is 0 Å². The summed E-state index contributed by atoms with van der Waals surface area (Å²) >= 11 is 0. The lowest BCUT2D eigenvalue weighted by atomic mass is 10.0. The van der Waals surface area contributed by atoms with Gasteiger partial charge in [-0.3, -0.25) is 14.5 Å². The van der Waals surface area contributed by atoms with Gasteiger partial charge in [-0.15, -0.1) is 0 Å². The van der Waals surface area contributed by atoms with Crippen molar-refractivity contribution in [2.75, 3.05) is 56.6 Å². The molecule has 2 amide bonds. The summed E-state index contributed by atoms with van der Waals surface area (Å²) in [4.78, 5) is 34.2. The number of hydrogen-bond donors (Lipinski definition) is 3. The number of anilines is 2. The van der Waals surface area contributed by atoms with E-state index < -0.39 is 5.82 Å². The second kappa shape index (κ2) is 11.5. The summed E-state index contributed by atoms with van der Waals surface area (Å²) in [5, 5.41) is 5.85. The van der Waals surface area contributed by atoms with Crippen LogP contribution in [0.5, 0.6) is 0 Å². The number of nitrogens with zero attached hydrogens (tertiary/aromatic N) is 2. The number of carbonyl (C=O) groups is 2.